The van der Waals surface area contributed by atoms with Crippen molar-refractivity contribution in [2.75, 3.05) is 6.54 Å². The van der Waals surface area contributed by atoms with E-state index in [4.69, 9.17) is 20.8 Å². The van der Waals surface area contributed by atoms with Crippen LogP contribution in [0, 0.1) is 5.92 Å². The zero-order valence-corrected chi connectivity index (χ0v) is 22.9. The second-order valence-electron chi connectivity index (χ2n) is 10.8. The molecule has 1 saturated carbocycles. The monoisotopic (exact) mass is 537 g/mol. The molecule has 1 amide bonds. The van der Waals surface area contributed by atoms with Crippen LogP contribution in [0.3, 0.4) is 0 Å². The zero-order chi connectivity index (χ0) is 26.9. The number of carbonyl (C=O) groups is 1. The fourth-order valence-corrected chi connectivity index (χ4v) is 6.47. The summed E-state index contributed by atoms with van der Waals surface area (Å²) in [4.78, 5) is 27.9. The van der Waals surface area contributed by atoms with Crippen molar-refractivity contribution >= 4 is 28.5 Å². The molecule has 0 spiro atoms. The van der Waals surface area contributed by atoms with E-state index in [9.17, 15) is 14.7 Å². The number of carbonyl (C=O) groups excluding carboxylic acids is 1. The Kier molecular flexibility index (Phi) is 7.83. The van der Waals surface area contributed by atoms with E-state index < -0.39 is 11.7 Å². The number of ether oxygens (including phenoxy) is 1. The molecule has 2 heterocycles. The van der Waals surface area contributed by atoms with Gasteiger partial charge in [0.1, 0.15) is 11.3 Å². The Morgan fingerprint density at radius 3 is 2.74 bits per heavy atom. The summed E-state index contributed by atoms with van der Waals surface area (Å²) in [5.74, 6) is 0.304. The van der Waals surface area contributed by atoms with Crippen molar-refractivity contribution in [1.82, 2.24) is 4.90 Å². The molecule has 38 heavy (non-hydrogen) atoms. The van der Waals surface area contributed by atoms with Crippen LogP contribution >= 0.6 is 11.6 Å². The Labute approximate surface area is 228 Å². The molecule has 3 aromatic rings. The number of piperidine rings is 1. The van der Waals surface area contributed by atoms with Crippen LogP contribution in [0.4, 0.5) is 0 Å². The number of hydrogen-bond donors (Lipinski definition) is 1. The van der Waals surface area contributed by atoms with E-state index in [2.05, 4.69) is 6.92 Å². The van der Waals surface area contributed by atoms with Gasteiger partial charge >= 0.3 is 5.63 Å². The molecule has 0 bridgehead atoms. The molecule has 2 aromatic carbocycles. The number of halogens is 1. The minimum absolute atomic E-state index is 0.0428. The third-order valence-electron chi connectivity index (χ3n) is 8.32. The highest BCUT2D eigenvalue weighted by Gasteiger charge is 2.50. The highest BCUT2D eigenvalue weighted by Crippen LogP contribution is 2.49. The normalized spacial score (nSPS) is 24.2. The van der Waals surface area contributed by atoms with Gasteiger partial charge in [0.15, 0.2) is 6.10 Å². The standard InChI is InChI=1S/C31H36ClNO5/c1-3-4-7-22-18-28(34)38-27-19-24(13-14-25(22)27)37-20(2)30(35)33-17-16-31(36)15-6-5-8-26(31)29(33)21-9-11-23(32)12-10-21/h9-14,18-20,26,29,36H,3-8,15-17H2,1-2H3/t20-,26-,29-,31-/m0/s1. The van der Waals surface area contributed by atoms with Crippen molar-refractivity contribution in [1.29, 1.82) is 0 Å². The summed E-state index contributed by atoms with van der Waals surface area (Å²) in [5, 5.41) is 13.0. The Bertz CT molecular complexity index is 1350. The zero-order valence-electron chi connectivity index (χ0n) is 22.1. The van der Waals surface area contributed by atoms with E-state index in [0.717, 1.165) is 61.5 Å². The Hall–Kier alpha value is -2.83. The molecular weight excluding hydrogens is 502 g/mol. The molecule has 6 nitrogen and oxygen atoms in total. The molecule has 1 aliphatic carbocycles. The van der Waals surface area contributed by atoms with Crippen molar-refractivity contribution in [2.24, 2.45) is 5.92 Å². The van der Waals surface area contributed by atoms with Gasteiger partial charge in [-0.1, -0.05) is 49.9 Å². The third-order valence-corrected chi connectivity index (χ3v) is 8.58. The average Bonchev–Trinajstić information content (AvgIpc) is 2.90. The van der Waals surface area contributed by atoms with Crippen LogP contribution in [-0.2, 0) is 11.2 Å². The lowest BCUT2D eigenvalue weighted by molar-refractivity contribution is -0.161. The molecule has 5 rings (SSSR count). The van der Waals surface area contributed by atoms with Crippen molar-refractivity contribution in [2.45, 2.75) is 83.0 Å². The first-order valence-corrected chi connectivity index (χ1v) is 14.2. The second kappa shape index (κ2) is 11.1. The molecule has 1 aromatic heterocycles. The minimum atomic E-state index is -0.769. The number of benzene rings is 2. The average molecular weight is 538 g/mol. The maximum Gasteiger partial charge on any atom is 0.336 e. The number of unbranched alkanes of at least 4 members (excludes halogenated alkanes) is 1. The topological polar surface area (TPSA) is 80.0 Å². The number of rotatable bonds is 7. The van der Waals surface area contributed by atoms with Gasteiger partial charge in [0.05, 0.1) is 11.6 Å². The van der Waals surface area contributed by atoms with Gasteiger partial charge < -0.3 is 19.2 Å². The number of aliphatic hydroxyl groups is 1. The first-order chi connectivity index (χ1) is 18.3. The highest BCUT2D eigenvalue weighted by atomic mass is 35.5. The SMILES string of the molecule is CCCCc1cc(=O)oc2cc(O[C@@H](C)C(=O)N3CC[C@@]4(O)CCCC[C@H]4[C@@H]3c3ccc(Cl)cc3)ccc12. The number of aryl methyl sites for hydroxylation is 1. The van der Waals surface area contributed by atoms with Crippen LogP contribution in [0.5, 0.6) is 5.75 Å². The Morgan fingerprint density at radius 2 is 1.97 bits per heavy atom. The van der Waals surface area contributed by atoms with E-state index in [1.165, 1.54) is 0 Å². The summed E-state index contributed by atoms with van der Waals surface area (Å²) in [6.07, 6.45) is 6.30. The lowest BCUT2D eigenvalue weighted by Gasteiger charge is -2.53. The van der Waals surface area contributed by atoms with Gasteiger partial charge in [0.2, 0.25) is 0 Å². The molecule has 1 aliphatic heterocycles. The summed E-state index contributed by atoms with van der Waals surface area (Å²) in [6.45, 7) is 4.33. The van der Waals surface area contributed by atoms with Gasteiger partial charge in [-0.15, -0.1) is 0 Å². The second-order valence-corrected chi connectivity index (χ2v) is 11.3. The number of hydrogen-bond acceptors (Lipinski definition) is 5. The fraction of sp³-hybridized carbons (Fsp3) is 0.484. The maximum absolute atomic E-state index is 13.8. The van der Waals surface area contributed by atoms with E-state index in [1.54, 1.807) is 19.1 Å². The van der Waals surface area contributed by atoms with E-state index >= 15 is 0 Å². The van der Waals surface area contributed by atoms with Crippen LogP contribution in [0.25, 0.3) is 11.0 Å². The van der Waals surface area contributed by atoms with Crippen LogP contribution in [0.1, 0.15) is 76.0 Å². The summed E-state index contributed by atoms with van der Waals surface area (Å²) < 4.78 is 11.6. The Morgan fingerprint density at radius 1 is 1.18 bits per heavy atom. The van der Waals surface area contributed by atoms with Gasteiger partial charge in [-0.3, -0.25) is 4.79 Å². The molecule has 2 aliphatic rings. The molecular formula is C31H36ClNO5. The highest BCUT2D eigenvalue weighted by molar-refractivity contribution is 6.30. The van der Waals surface area contributed by atoms with Gasteiger partial charge in [0, 0.05) is 35.0 Å². The third kappa shape index (κ3) is 5.34. The quantitative estimate of drug-likeness (QED) is 0.350. The summed E-state index contributed by atoms with van der Waals surface area (Å²) >= 11 is 6.16. The van der Waals surface area contributed by atoms with Crippen LogP contribution < -0.4 is 10.4 Å². The minimum Gasteiger partial charge on any atom is -0.481 e. The molecule has 1 saturated heterocycles. The predicted octanol–water partition coefficient (Wildman–Crippen LogP) is 6.45. The van der Waals surface area contributed by atoms with Gasteiger partial charge in [-0.2, -0.15) is 0 Å². The van der Waals surface area contributed by atoms with Crippen molar-refractivity contribution in [3.05, 3.63) is 75.1 Å². The number of amides is 1. The lowest BCUT2D eigenvalue weighted by atomic mass is 9.66. The first-order valence-electron chi connectivity index (χ1n) is 13.8. The Balaban J connectivity index is 1.40. The molecule has 0 unspecified atom stereocenters. The summed E-state index contributed by atoms with van der Waals surface area (Å²) in [5.41, 5.74) is 1.25. The lowest BCUT2D eigenvalue weighted by Crippen LogP contribution is -2.58. The van der Waals surface area contributed by atoms with Gasteiger partial charge in [0.25, 0.3) is 5.91 Å². The van der Waals surface area contributed by atoms with Crippen molar-refractivity contribution in [3.63, 3.8) is 0 Å². The predicted molar refractivity (Wildman–Crippen MR) is 149 cm³/mol. The molecule has 0 radical (unpaired) electrons. The molecule has 4 atom stereocenters. The maximum atomic E-state index is 13.8. The number of fused-ring (bicyclic) bond motifs is 2. The molecule has 7 heteroatoms. The number of likely N-dealkylation sites (tertiary alicyclic amines) is 1. The fourth-order valence-electron chi connectivity index (χ4n) is 6.35. The summed E-state index contributed by atoms with van der Waals surface area (Å²) in [6, 6.07) is 14.3. The molecule has 1 N–H and O–H groups in total. The molecule has 2 fully saturated rings. The van der Waals surface area contributed by atoms with Gasteiger partial charge in [-0.05, 0) is 74.4 Å². The first kappa shape index (κ1) is 26.8. The smallest absolute Gasteiger partial charge is 0.336 e. The van der Waals surface area contributed by atoms with E-state index in [-0.39, 0.29) is 23.5 Å². The van der Waals surface area contributed by atoms with E-state index in [0.29, 0.717) is 29.3 Å². The van der Waals surface area contributed by atoms with Crippen LogP contribution in [-0.4, -0.2) is 34.2 Å². The molecule has 202 valence electrons. The van der Waals surface area contributed by atoms with Gasteiger partial charge in [-0.25, -0.2) is 4.79 Å². The van der Waals surface area contributed by atoms with Crippen LogP contribution in [0.15, 0.2) is 57.7 Å². The summed E-state index contributed by atoms with van der Waals surface area (Å²) in [7, 11) is 0. The number of nitrogens with zero attached hydrogens (tertiary/aromatic N) is 1. The largest absolute Gasteiger partial charge is 0.481 e. The van der Waals surface area contributed by atoms with Crippen LogP contribution in [0.2, 0.25) is 5.02 Å². The van der Waals surface area contributed by atoms with Crippen molar-refractivity contribution < 1.29 is 19.1 Å². The van der Waals surface area contributed by atoms with Crippen molar-refractivity contribution in [3.8, 4) is 5.75 Å². The van der Waals surface area contributed by atoms with E-state index in [1.807, 2.05) is 41.3 Å².